The van der Waals surface area contributed by atoms with Gasteiger partial charge in [-0.3, -0.25) is 4.79 Å². The molecule has 1 heterocycles. The van der Waals surface area contributed by atoms with Crippen LogP contribution >= 0.6 is 0 Å². The highest BCUT2D eigenvalue weighted by molar-refractivity contribution is 6.09. The first-order valence-corrected chi connectivity index (χ1v) is 7.57. The highest BCUT2D eigenvalue weighted by Crippen LogP contribution is 2.20. The average Bonchev–Trinajstić information content (AvgIpc) is 2.87. The predicted molar refractivity (Wildman–Crippen MR) is 87.3 cm³/mol. The monoisotopic (exact) mass is 329 g/mol. The van der Waals surface area contributed by atoms with Crippen LogP contribution in [0.25, 0.3) is 0 Å². The van der Waals surface area contributed by atoms with Crippen molar-refractivity contribution < 1.29 is 23.9 Å². The maximum atomic E-state index is 12.4. The van der Waals surface area contributed by atoms with Gasteiger partial charge in [0.1, 0.15) is 0 Å². The number of carbonyl (C=O) groups excluding carboxylic acids is 3. The molecule has 0 saturated heterocycles. The fourth-order valence-corrected chi connectivity index (χ4v) is 2.45. The van der Waals surface area contributed by atoms with E-state index in [-0.39, 0.29) is 17.7 Å². The fraction of sp³-hybridized carbons (Fsp3) is 0.278. The molecule has 126 valence electrons. The number of hydrogen-bond acceptors (Lipinski definition) is 5. The summed E-state index contributed by atoms with van der Waals surface area (Å²) in [5.41, 5.74) is 1.83. The van der Waals surface area contributed by atoms with Crippen LogP contribution in [0.5, 0.6) is 0 Å². The highest BCUT2D eigenvalue weighted by Gasteiger charge is 2.26. The van der Waals surface area contributed by atoms with E-state index in [1.165, 1.54) is 0 Å². The van der Waals surface area contributed by atoms with Crippen LogP contribution in [-0.4, -0.2) is 35.9 Å². The first-order chi connectivity index (χ1) is 11.5. The molecule has 0 atom stereocenters. The van der Waals surface area contributed by atoms with Gasteiger partial charge in [-0.05, 0) is 32.9 Å². The molecule has 24 heavy (non-hydrogen) atoms. The van der Waals surface area contributed by atoms with Crippen molar-refractivity contribution in [2.45, 2.75) is 20.8 Å². The standard InChI is InChI=1S/C18H19NO5/c1-4-23-18(22)16-12(3)19-11(2)15(16)14(20)10-24-17(21)13-8-6-5-7-9-13/h5-9,19H,4,10H2,1-3H3. The second kappa shape index (κ2) is 7.59. The van der Waals surface area contributed by atoms with Gasteiger partial charge in [0, 0.05) is 11.4 Å². The smallest absolute Gasteiger partial charge is 0.340 e. The predicted octanol–water partition coefficient (Wildman–Crippen LogP) is 2.85. The van der Waals surface area contributed by atoms with Crippen molar-refractivity contribution in [1.29, 1.82) is 0 Å². The van der Waals surface area contributed by atoms with Crippen molar-refractivity contribution in [1.82, 2.24) is 4.98 Å². The number of benzene rings is 1. The largest absolute Gasteiger partial charge is 0.462 e. The summed E-state index contributed by atoms with van der Waals surface area (Å²) in [5.74, 6) is -1.62. The summed E-state index contributed by atoms with van der Waals surface area (Å²) in [6, 6.07) is 8.39. The van der Waals surface area contributed by atoms with Crippen LogP contribution in [0.3, 0.4) is 0 Å². The lowest BCUT2D eigenvalue weighted by atomic mass is 10.1. The number of rotatable bonds is 6. The van der Waals surface area contributed by atoms with Crippen molar-refractivity contribution in [2.75, 3.05) is 13.2 Å². The number of nitrogens with one attached hydrogen (secondary N) is 1. The average molecular weight is 329 g/mol. The zero-order valence-electron chi connectivity index (χ0n) is 13.8. The lowest BCUT2D eigenvalue weighted by Crippen LogP contribution is -2.18. The van der Waals surface area contributed by atoms with Gasteiger partial charge in [-0.15, -0.1) is 0 Å². The van der Waals surface area contributed by atoms with Crippen molar-refractivity contribution in [2.24, 2.45) is 0 Å². The molecular weight excluding hydrogens is 310 g/mol. The van der Waals surface area contributed by atoms with Crippen LogP contribution in [-0.2, 0) is 9.47 Å². The van der Waals surface area contributed by atoms with Crippen molar-refractivity contribution in [3.63, 3.8) is 0 Å². The normalized spacial score (nSPS) is 10.3. The third kappa shape index (κ3) is 3.71. The number of carbonyl (C=O) groups is 3. The number of H-pyrrole nitrogens is 1. The van der Waals surface area contributed by atoms with E-state index in [0.29, 0.717) is 17.0 Å². The molecule has 6 nitrogen and oxygen atoms in total. The number of aryl methyl sites for hydroxylation is 2. The van der Waals surface area contributed by atoms with E-state index in [4.69, 9.17) is 9.47 Å². The van der Waals surface area contributed by atoms with Gasteiger partial charge in [0.05, 0.1) is 23.3 Å². The molecule has 0 aliphatic carbocycles. The van der Waals surface area contributed by atoms with Crippen molar-refractivity contribution in [3.8, 4) is 0 Å². The molecule has 6 heteroatoms. The first-order valence-electron chi connectivity index (χ1n) is 7.57. The van der Waals surface area contributed by atoms with Gasteiger partial charge >= 0.3 is 11.9 Å². The van der Waals surface area contributed by atoms with Gasteiger partial charge in [0.15, 0.2) is 6.61 Å². The molecule has 1 aromatic carbocycles. The minimum atomic E-state index is -0.591. The van der Waals surface area contributed by atoms with Gasteiger partial charge in [-0.25, -0.2) is 9.59 Å². The minimum Gasteiger partial charge on any atom is -0.462 e. The van der Waals surface area contributed by atoms with E-state index in [0.717, 1.165) is 0 Å². The van der Waals surface area contributed by atoms with Crippen molar-refractivity contribution >= 4 is 17.7 Å². The molecule has 2 rings (SSSR count). The van der Waals surface area contributed by atoms with Crippen LogP contribution in [0.4, 0.5) is 0 Å². The molecule has 0 aliphatic rings. The number of Topliss-reactive ketones (excluding diaryl/α,β-unsaturated/α-hetero) is 1. The van der Waals surface area contributed by atoms with E-state index in [1.54, 1.807) is 51.1 Å². The van der Waals surface area contributed by atoms with E-state index >= 15 is 0 Å². The molecule has 0 saturated carbocycles. The molecule has 1 N–H and O–H groups in total. The summed E-state index contributed by atoms with van der Waals surface area (Å²) in [4.78, 5) is 39.4. The summed E-state index contributed by atoms with van der Waals surface area (Å²) in [6.45, 7) is 4.82. The maximum Gasteiger partial charge on any atom is 0.340 e. The number of aromatic nitrogens is 1. The summed E-state index contributed by atoms with van der Waals surface area (Å²) >= 11 is 0. The summed E-state index contributed by atoms with van der Waals surface area (Å²) in [5, 5.41) is 0. The second-order valence-corrected chi connectivity index (χ2v) is 5.21. The van der Waals surface area contributed by atoms with Crippen molar-refractivity contribution in [3.05, 3.63) is 58.4 Å². The Morgan fingerprint density at radius 1 is 0.917 bits per heavy atom. The molecule has 0 amide bonds. The van der Waals surface area contributed by atoms with Crippen LogP contribution in [0, 0.1) is 13.8 Å². The quantitative estimate of drug-likeness (QED) is 0.650. The maximum absolute atomic E-state index is 12.4. The number of hydrogen-bond donors (Lipinski definition) is 1. The Labute approximate surface area is 139 Å². The van der Waals surface area contributed by atoms with Gasteiger partial charge in [-0.1, -0.05) is 18.2 Å². The molecule has 0 radical (unpaired) electrons. The van der Waals surface area contributed by atoms with E-state index in [9.17, 15) is 14.4 Å². The topological polar surface area (TPSA) is 85.5 Å². The molecular formula is C18H19NO5. The Morgan fingerprint density at radius 2 is 1.54 bits per heavy atom. The summed E-state index contributed by atoms with van der Waals surface area (Å²) in [7, 11) is 0. The van der Waals surface area contributed by atoms with Gasteiger partial charge in [0.2, 0.25) is 5.78 Å². The van der Waals surface area contributed by atoms with Crippen LogP contribution in [0.2, 0.25) is 0 Å². The van der Waals surface area contributed by atoms with Gasteiger partial charge < -0.3 is 14.5 Å². The number of esters is 2. The van der Waals surface area contributed by atoms with Crippen LogP contribution < -0.4 is 0 Å². The molecule has 0 unspecified atom stereocenters. The van der Waals surface area contributed by atoms with Gasteiger partial charge in [-0.2, -0.15) is 0 Å². The Kier molecular flexibility index (Phi) is 5.52. The van der Waals surface area contributed by atoms with Crippen LogP contribution in [0.1, 0.15) is 49.4 Å². The molecule has 2 aromatic rings. The number of aromatic amines is 1. The molecule has 1 aromatic heterocycles. The Hall–Kier alpha value is -2.89. The first kappa shape index (κ1) is 17.5. The second-order valence-electron chi connectivity index (χ2n) is 5.21. The molecule has 0 aliphatic heterocycles. The van der Waals surface area contributed by atoms with E-state index < -0.39 is 24.3 Å². The zero-order valence-corrected chi connectivity index (χ0v) is 13.8. The van der Waals surface area contributed by atoms with E-state index in [1.807, 2.05) is 0 Å². The molecule has 0 spiro atoms. The van der Waals surface area contributed by atoms with Gasteiger partial charge in [0.25, 0.3) is 0 Å². The minimum absolute atomic E-state index is 0.190. The van der Waals surface area contributed by atoms with E-state index in [2.05, 4.69) is 4.98 Å². The lowest BCUT2D eigenvalue weighted by Gasteiger charge is -2.07. The SMILES string of the molecule is CCOC(=O)c1c(C)[nH]c(C)c1C(=O)COC(=O)c1ccccc1. The van der Waals surface area contributed by atoms with Crippen LogP contribution in [0.15, 0.2) is 30.3 Å². The summed E-state index contributed by atoms with van der Waals surface area (Å²) < 4.78 is 10.0. The number of ether oxygens (including phenoxy) is 2. The molecule has 0 bridgehead atoms. The highest BCUT2D eigenvalue weighted by atomic mass is 16.5. The third-order valence-electron chi connectivity index (χ3n) is 3.48. The Bertz CT molecular complexity index is 761. The Balaban J connectivity index is 2.15. The fourth-order valence-electron chi connectivity index (χ4n) is 2.45. The third-order valence-corrected chi connectivity index (χ3v) is 3.48. The lowest BCUT2D eigenvalue weighted by molar-refractivity contribution is 0.0472. The Morgan fingerprint density at radius 3 is 2.17 bits per heavy atom. The molecule has 0 fully saturated rings. The zero-order chi connectivity index (χ0) is 17.7. The summed E-state index contributed by atoms with van der Waals surface area (Å²) in [6.07, 6.45) is 0. The number of ketones is 1.